The van der Waals surface area contributed by atoms with Crippen LogP contribution in [0, 0.1) is 5.82 Å². The van der Waals surface area contributed by atoms with Crippen LogP contribution in [0.3, 0.4) is 0 Å². The van der Waals surface area contributed by atoms with Crippen molar-refractivity contribution in [2.24, 2.45) is 0 Å². The van der Waals surface area contributed by atoms with Crippen molar-refractivity contribution in [2.75, 3.05) is 6.61 Å². The number of carbonyl (C=O) groups is 1. The number of ether oxygens (including phenoxy) is 1. The Labute approximate surface area is 162 Å². The second-order valence-corrected chi connectivity index (χ2v) is 6.04. The molecule has 29 heavy (non-hydrogen) atoms. The van der Waals surface area contributed by atoms with Gasteiger partial charge in [0.25, 0.3) is 5.56 Å². The number of hydrogen-bond donors (Lipinski definition) is 3. The third-order valence-corrected chi connectivity index (χ3v) is 4.28. The Morgan fingerprint density at radius 1 is 1.24 bits per heavy atom. The van der Waals surface area contributed by atoms with Gasteiger partial charge in [-0.25, -0.2) is 19.3 Å². The maximum atomic E-state index is 14.6. The number of H-pyrrole nitrogens is 2. The molecule has 2 aromatic carbocycles. The van der Waals surface area contributed by atoms with Crippen LogP contribution in [0.5, 0.6) is 5.75 Å². The van der Waals surface area contributed by atoms with Gasteiger partial charge in [0.1, 0.15) is 17.4 Å². The number of fused-ring (bicyclic) bond motifs is 1. The Hall–Kier alpha value is -4.08. The highest BCUT2D eigenvalue weighted by atomic mass is 19.1. The second kappa shape index (κ2) is 7.15. The number of rotatable bonds is 5. The fraction of sp³-hybridized carbons (Fsp3) is 0.105. The van der Waals surface area contributed by atoms with Crippen molar-refractivity contribution in [1.82, 2.24) is 25.4 Å². The van der Waals surface area contributed by atoms with Crippen molar-refractivity contribution in [1.29, 1.82) is 0 Å². The molecule has 4 rings (SSSR count). The van der Waals surface area contributed by atoms with Crippen molar-refractivity contribution < 1.29 is 19.0 Å². The zero-order chi connectivity index (χ0) is 20.5. The molecule has 0 spiro atoms. The minimum atomic E-state index is -1.35. The lowest BCUT2D eigenvalue weighted by molar-refractivity contribution is 0.0692. The van der Waals surface area contributed by atoms with Gasteiger partial charge >= 0.3 is 5.97 Å². The lowest BCUT2D eigenvalue weighted by Crippen LogP contribution is -2.10. The van der Waals surface area contributed by atoms with Gasteiger partial charge in [-0.3, -0.25) is 4.79 Å². The summed E-state index contributed by atoms with van der Waals surface area (Å²) in [6.07, 6.45) is 0. The molecule has 0 aliphatic carbocycles. The fourth-order valence-corrected chi connectivity index (χ4v) is 2.97. The van der Waals surface area contributed by atoms with Crippen LogP contribution in [0.15, 0.2) is 41.2 Å². The molecule has 0 fully saturated rings. The van der Waals surface area contributed by atoms with Crippen molar-refractivity contribution in [2.45, 2.75) is 6.92 Å². The number of halogens is 1. The van der Waals surface area contributed by atoms with E-state index in [2.05, 4.69) is 25.4 Å². The minimum Gasteiger partial charge on any atom is -0.493 e. The second-order valence-electron chi connectivity index (χ2n) is 6.04. The van der Waals surface area contributed by atoms with E-state index in [1.807, 2.05) is 0 Å². The molecule has 0 aliphatic heterocycles. The van der Waals surface area contributed by atoms with Gasteiger partial charge < -0.3 is 14.8 Å². The highest BCUT2D eigenvalue weighted by Crippen LogP contribution is 2.34. The summed E-state index contributed by atoms with van der Waals surface area (Å²) in [6.45, 7) is 2.09. The normalized spacial score (nSPS) is 11.0. The van der Waals surface area contributed by atoms with Crippen LogP contribution in [0.4, 0.5) is 4.39 Å². The summed E-state index contributed by atoms with van der Waals surface area (Å²) in [5.74, 6) is -1.62. The highest BCUT2D eigenvalue weighted by molar-refractivity contribution is 5.90. The van der Waals surface area contributed by atoms with Gasteiger partial charge in [-0.1, -0.05) is 23.4 Å². The fourth-order valence-electron chi connectivity index (χ4n) is 2.97. The van der Waals surface area contributed by atoms with Gasteiger partial charge in [0, 0.05) is 5.56 Å². The number of aromatic carboxylic acids is 1. The minimum absolute atomic E-state index is 0.0795. The van der Waals surface area contributed by atoms with E-state index < -0.39 is 22.9 Å². The van der Waals surface area contributed by atoms with E-state index in [1.54, 1.807) is 25.1 Å². The van der Waals surface area contributed by atoms with Gasteiger partial charge in [0.2, 0.25) is 0 Å². The monoisotopic (exact) mass is 395 g/mol. The molecule has 0 atom stereocenters. The number of carboxylic acids is 1. The topological polar surface area (TPSA) is 134 Å². The zero-order valence-electron chi connectivity index (χ0n) is 15.1. The number of hydrogen-bond acceptors (Lipinski definition) is 6. The molecule has 0 saturated carbocycles. The molecule has 9 nitrogen and oxygen atoms in total. The smallest absolute Gasteiger partial charge is 0.338 e. The maximum absolute atomic E-state index is 14.6. The van der Waals surface area contributed by atoms with E-state index >= 15 is 0 Å². The van der Waals surface area contributed by atoms with Crippen molar-refractivity contribution in [3.63, 3.8) is 0 Å². The van der Waals surface area contributed by atoms with E-state index in [-0.39, 0.29) is 22.6 Å². The molecule has 2 heterocycles. The Balaban J connectivity index is 1.87. The third-order valence-electron chi connectivity index (χ3n) is 4.28. The predicted octanol–water partition coefficient (Wildman–Crippen LogP) is 2.61. The summed E-state index contributed by atoms with van der Waals surface area (Å²) in [7, 11) is 0. The van der Waals surface area contributed by atoms with Crippen LogP contribution in [-0.4, -0.2) is 43.1 Å². The summed E-state index contributed by atoms with van der Waals surface area (Å²) >= 11 is 0. The first-order valence-corrected chi connectivity index (χ1v) is 8.60. The van der Waals surface area contributed by atoms with E-state index in [0.717, 1.165) is 0 Å². The van der Waals surface area contributed by atoms with Crippen molar-refractivity contribution in [3.8, 4) is 28.3 Å². The summed E-state index contributed by atoms with van der Waals surface area (Å²) in [4.78, 5) is 30.3. The lowest BCUT2D eigenvalue weighted by atomic mass is 10.00. The quantitative estimate of drug-likeness (QED) is 0.473. The summed E-state index contributed by atoms with van der Waals surface area (Å²) in [6, 6.07) is 8.92. The van der Waals surface area contributed by atoms with Crippen LogP contribution >= 0.6 is 0 Å². The number of nitrogens with one attached hydrogen (secondary N) is 2. The van der Waals surface area contributed by atoms with Gasteiger partial charge in [0.05, 0.1) is 17.7 Å². The lowest BCUT2D eigenvalue weighted by Gasteiger charge is -2.13. The molecule has 0 aliphatic rings. The summed E-state index contributed by atoms with van der Waals surface area (Å²) < 4.78 is 20.3. The molecular weight excluding hydrogens is 381 g/mol. The number of carboxylic acid groups (broad SMARTS) is 1. The van der Waals surface area contributed by atoms with Crippen LogP contribution in [0.25, 0.3) is 33.7 Å². The summed E-state index contributed by atoms with van der Waals surface area (Å²) in [5.41, 5.74) is 0.417. The molecule has 0 saturated heterocycles. The van der Waals surface area contributed by atoms with Crippen LogP contribution < -0.4 is 10.3 Å². The standard InChI is InChI=1S/C19H14FN5O4/c1-2-29-13-8-9(10-4-3-5-12(14(10)20)19(27)28)6-7-11(13)16-21-17-15(18(26)22-16)23-25-24-17/h3-8H,2H2,1H3,(H,27,28)(H2,21,22,23,24,25,26). The number of aromatic nitrogens is 5. The van der Waals surface area contributed by atoms with Crippen molar-refractivity contribution >= 4 is 17.1 Å². The Bertz CT molecular complexity index is 1300. The molecule has 0 radical (unpaired) electrons. The molecule has 10 heteroatoms. The Kier molecular flexibility index (Phi) is 4.51. The van der Waals surface area contributed by atoms with Gasteiger partial charge in [0.15, 0.2) is 11.2 Å². The van der Waals surface area contributed by atoms with Crippen molar-refractivity contribution in [3.05, 3.63) is 58.1 Å². The van der Waals surface area contributed by atoms with E-state index in [0.29, 0.717) is 23.5 Å². The highest BCUT2D eigenvalue weighted by Gasteiger charge is 2.18. The predicted molar refractivity (Wildman–Crippen MR) is 101 cm³/mol. The zero-order valence-corrected chi connectivity index (χ0v) is 15.1. The van der Waals surface area contributed by atoms with Gasteiger partial charge in [-0.15, -0.1) is 5.10 Å². The van der Waals surface area contributed by atoms with E-state index in [9.17, 15) is 14.0 Å². The molecule has 0 unspecified atom stereocenters. The van der Waals surface area contributed by atoms with Crippen LogP contribution in [-0.2, 0) is 0 Å². The molecule has 146 valence electrons. The molecule has 0 amide bonds. The largest absolute Gasteiger partial charge is 0.493 e. The number of aromatic amines is 2. The third kappa shape index (κ3) is 3.20. The summed E-state index contributed by atoms with van der Waals surface area (Å²) in [5, 5.41) is 18.9. The molecule has 4 aromatic rings. The van der Waals surface area contributed by atoms with Crippen LogP contribution in [0.2, 0.25) is 0 Å². The maximum Gasteiger partial charge on any atom is 0.338 e. The first-order chi connectivity index (χ1) is 14.0. The Morgan fingerprint density at radius 2 is 2.07 bits per heavy atom. The molecule has 2 aromatic heterocycles. The first kappa shape index (κ1) is 18.3. The van der Waals surface area contributed by atoms with E-state index in [1.165, 1.54) is 18.2 Å². The van der Waals surface area contributed by atoms with E-state index in [4.69, 9.17) is 9.84 Å². The molecule has 3 N–H and O–H groups in total. The average Bonchev–Trinajstić information content (AvgIpc) is 3.17. The average molecular weight is 395 g/mol. The first-order valence-electron chi connectivity index (χ1n) is 8.60. The number of nitrogens with zero attached hydrogens (tertiary/aromatic N) is 3. The Morgan fingerprint density at radius 3 is 2.83 bits per heavy atom. The molecule has 0 bridgehead atoms. The van der Waals surface area contributed by atoms with Gasteiger partial charge in [-0.2, -0.15) is 0 Å². The van der Waals surface area contributed by atoms with Gasteiger partial charge in [-0.05, 0) is 30.7 Å². The number of benzene rings is 2. The SMILES string of the molecule is CCOc1cc(-c2cccc(C(=O)O)c2F)ccc1-c1nc2[nH]nnc2c(=O)[nH]1. The molecular formula is C19H14FN5O4. The van der Waals surface area contributed by atoms with Crippen LogP contribution in [0.1, 0.15) is 17.3 Å².